The molecule has 3 rings (SSSR count). The SMILES string of the molecule is CCCCNC(=O)[C@@H](Cc1ccccc1)N(Cc1cccc(OC)c1)C(=O)COc1ccc(C)c(C)c1. The highest BCUT2D eigenvalue weighted by atomic mass is 16.5. The number of aryl methyl sites for hydroxylation is 2. The average Bonchev–Trinajstić information content (AvgIpc) is 2.92. The molecule has 37 heavy (non-hydrogen) atoms. The number of carbonyl (C=O) groups excluding carboxylic acids is 2. The van der Waals surface area contributed by atoms with E-state index in [-0.39, 0.29) is 25.0 Å². The second-order valence-corrected chi connectivity index (χ2v) is 9.26. The molecule has 0 saturated heterocycles. The van der Waals surface area contributed by atoms with E-state index in [1.165, 1.54) is 0 Å². The predicted molar refractivity (Wildman–Crippen MR) is 147 cm³/mol. The molecular weight excluding hydrogens is 464 g/mol. The molecule has 1 N–H and O–H groups in total. The van der Waals surface area contributed by atoms with Crippen molar-refractivity contribution in [2.24, 2.45) is 0 Å². The summed E-state index contributed by atoms with van der Waals surface area (Å²) in [6.45, 7) is 6.78. The topological polar surface area (TPSA) is 67.9 Å². The van der Waals surface area contributed by atoms with Gasteiger partial charge < -0.3 is 19.7 Å². The van der Waals surface area contributed by atoms with Crippen LogP contribution in [0.1, 0.15) is 42.0 Å². The minimum atomic E-state index is -0.693. The van der Waals surface area contributed by atoms with Crippen molar-refractivity contribution < 1.29 is 19.1 Å². The summed E-state index contributed by atoms with van der Waals surface area (Å²) in [4.78, 5) is 28.8. The third kappa shape index (κ3) is 8.38. The molecule has 0 fully saturated rings. The van der Waals surface area contributed by atoms with Crippen LogP contribution in [0.5, 0.6) is 11.5 Å². The van der Waals surface area contributed by atoms with Gasteiger partial charge in [-0.25, -0.2) is 0 Å². The van der Waals surface area contributed by atoms with Crippen molar-refractivity contribution in [1.82, 2.24) is 10.2 Å². The number of nitrogens with one attached hydrogen (secondary N) is 1. The summed E-state index contributed by atoms with van der Waals surface area (Å²) in [5.74, 6) is 0.903. The first-order valence-corrected chi connectivity index (χ1v) is 12.8. The van der Waals surface area contributed by atoms with E-state index < -0.39 is 6.04 Å². The van der Waals surface area contributed by atoms with Gasteiger partial charge in [-0.15, -0.1) is 0 Å². The highest BCUT2D eigenvalue weighted by Gasteiger charge is 2.30. The lowest BCUT2D eigenvalue weighted by molar-refractivity contribution is -0.142. The molecule has 0 saturated carbocycles. The number of methoxy groups -OCH3 is 1. The monoisotopic (exact) mass is 502 g/mol. The zero-order valence-corrected chi connectivity index (χ0v) is 22.3. The van der Waals surface area contributed by atoms with Gasteiger partial charge in [0.2, 0.25) is 5.91 Å². The Balaban J connectivity index is 1.90. The van der Waals surface area contributed by atoms with Crippen molar-refractivity contribution in [1.29, 1.82) is 0 Å². The van der Waals surface area contributed by atoms with Gasteiger partial charge in [-0.05, 0) is 66.8 Å². The van der Waals surface area contributed by atoms with Crippen LogP contribution in [0.4, 0.5) is 0 Å². The molecule has 0 heterocycles. The molecule has 0 spiro atoms. The smallest absolute Gasteiger partial charge is 0.261 e. The third-order valence-corrected chi connectivity index (χ3v) is 6.43. The van der Waals surface area contributed by atoms with Crippen molar-refractivity contribution in [3.63, 3.8) is 0 Å². The van der Waals surface area contributed by atoms with Crippen LogP contribution in [0.2, 0.25) is 0 Å². The van der Waals surface area contributed by atoms with Gasteiger partial charge in [-0.3, -0.25) is 9.59 Å². The van der Waals surface area contributed by atoms with Gasteiger partial charge in [-0.2, -0.15) is 0 Å². The number of hydrogen-bond donors (Lipinski definition) is 1. The molecule has 196 valence electrons. The van der Waals surface area contributed by atoms with Gasteiger partial charge >= 0.3 is 0 Å². The normalized spacial score (nSPS) is 11.5. The van der Waals surface area contributed by atoms with E-state index in [0.717, 1.165) is 35.1 Å². The number of rotatable bonds is 13. The number of amides is 2. The Bertz CT molecular complexity index is 1160. The first kappa shape index (κ1) is 27.8. The lowest BCUT2D eigenvalue weighted by Crippen LogP contribution is -2.51. The Morgan fingerprint density at radius 3 is 2.35 bits per heavy atom. The summed E-state index contributed by atoms with van der Waals surface area (Å²) in [7, 11) is 1.61. The summed E-state index contributed by atoms with van der Waals surface area (Å²) >= 11 is 0. The molecule has 0 unspecified atom stereocenters. The zero-order chi connectivity index (χ0) is 26.6. The predicted octanol–water partition coefficient (Wildman–Crippen LogP) is 5.25. The minimum absolute atomic E-state index is 0.167. The van der Waals surface area contributed by atoms with Crippen LogP contribution in [-0.2, 0) is 22.6 Å². The number of carbonyl (C=O) groups is 2. The van der Waals surface area contributed by atoms with Gasteiger partial charge in [0.1, 0.15) is 17.5 Å². The van der Waals surface area contributed by atoms with Crippen LogP contribution in [0, 0.1) is 13.8 Å². The number of nitrogens with zero attached hydrogens (tertiary/aromatic N) is 1. The fraction of sp³-hybridized carbons (Fsp3) is 0.355. The molecule has 3 aromatic rings. The quantitative estimate of drug-likeness (QED) is 0.324. The van der Waals surface area contributed by atoms with E-state index in [9.17, 15) is 9.59 Å². The Morgan fingerprint density at radius 1 is 0.892 bits per heavy atom. The van der Waals surface area contributed by atoms with Crippen LogP contribution >= 0.6 is 0 Å². The maximum atomic E-state index is 13.7. The Kier molecular flexibility index (Phi) is 10.6. The summed E-state index contributed by atoms with van der Waals surface area (Å²) < 4.78 is 11.3. The van der Waals surface area contributed by atoms with Crippen LogP contribution in [0.3, 0.4) is 0 Å². The van der Waals surface area contributed by atoms with Crippen LogP contribution in [0.15, 0.2) is 72.8 Å². The van der Waals surface area contributed by atoms with Gasteiger partial charge in [0, 0.05) is 19.5 Å². The summed E-state index contributed by atoms with van der Waals surface area (Å²) in [6.07, 6.45) is 2.25. The molecule has 2 amide bonds. The lowest BCUT2D eigenvalue weighted by Gasteiger charge is -2.31. The summed E-state index contributed by atoms with van der Waals surface area (Å²) in [5.41, 5.74) is 4.11. The molecule has 0 aromatic heterocycles. The Morgan fingerprint density at radius 2 is 1.65 bits per heavy atom. The van der Waals surface area contributed by atoms with Gasteiger partial charge in [0.25, 0.3) is 5.91 Å². The van der Waals surface area contributed by atoms with E-state index in [0.29, 0.717) is 24.5 Å². The first-order chi connectivity index (χ1) is 17.9. The standard InChI is InChI=1S/C31H38N2O4/c1-5-6-17-32-31(35)29(20-25-11-8-7-9-12-25)33(21-26-13-10-14-27(19-26)36-4)30(34)22-37-28-16-15-23(2)24(3)18-28/h7-16,18-19,29H,5-6,17,20-22H2,1-4H3,(H,32,35)/t29-/m1/s1. The fourth-order valence-corrected chi connectivity index (χ4v) is 4.06. The van der Waals surface area contributed by atoms with Crippen molar-refractivity contribution in [3.05, 3.63) is 95.1 Å². The molecule has 6 nitrogen and oxygen atoms in total. The highest BCUT2D eigenvalue weighted by molar-refractivity contribution is 5.88. The van der Waals surface area contributed by atoms with E-state index in [2.05, 4.69) is 12.2 Å². The molecule has 0 bridgehead atoms. The largest absolute Gasteiger partial charge is 0.497 e. The van der Waals surface area contributed by atoms with E-state index in [4.69, 9.17) is 9.47 Å². The molecule has 0 radical (unpaired) electrons. The maximum Gasteiger partial charge on any atom is 0.261 e. The van der Waals surface area contributed by atoms with Crippen molar-refractivity contribution in [3.8, 4) is 11.5 Å². The molecule has 3 aromatic carbocycles. The molecule has 6 heteroatoms. The van der Waals surface area contributed by atoms with E-state index in [1.54, 1.807) is 12.0 Å². The number of hydrogen-bond acceptors (Lipinski definition) is 4. The molecule has 0 aliphatic carbocycles. The minimum Gasteiger partial charge on any atom is -0.497 e. The third-order valence-electron chi connectivity index (χ3n) is 6.43. The molecular formula is C31H38N2O4. The summed E-state index contributed by atoms with van der Waals surface area (Å²) in [5, 5.41) is 3.04. The highest BCUT2D eigenvalue weighted by Crippen LogP contribution is 2.20. The Labute approximate surface area is 220 Å². The molecule has 0 aliphatic heterocycles. The van der Waals surface area contributed by atoms with Crippen molar-refractivity contribution in [2.75, 3.05) is 20.3 Å². The lowest BCUT2D eigenvalue weighted by atomic mass is 10.0. The second-order valence-electron chi connectivity index (χ2n) is 9.26. The van der Waals surface area contributed by atoms with E-state index in [1.807, 2.05) is 86.6 Å². The number of benzene rings is 3. The van der Waals surface area contributed by atoms with Crippen molar-refractivity contribution >= 4 is 11.8 Å². The van der Waals surface area contributed by atoms with Gasteiger partial charge in [0.05, 0.1) is 7.11 Å². The van der Waals surface area contributed by atoms with E-state index >= 15 is 0 Å². The fourth-order valence-electron chi connectivity index (χ4n) is 4.06. The number of unbranched alkanes of at least 4 members (excludes halogenated alkanes) is 1. The number of ether oxygens (including phenoxy) is 2. The Hall–Kier alpha value is -3.80. The van der Waals surface area contributed by atoms with Crippen LogP contribution in [0.25, 0.3) is 0 Å². The maximum absolute atomic E-state index is 13.7. The van der Waals surface area contributed by atoms with Crippen LogP contribution < -0.4 is 14.8 Å². The second kappa shape index (κ2) is 14.1. The van der Waals surface area contributed by atoms with Gasteiger partial charge in [-0.1, -0.05) is 61.9 Å². The first-order valence-electron chi connectivity index (χ1n) is 12.8. The summed E-state index contributed by atoms with van der Waals surface area (Å²) in [6, 6.07) is 22.4. The van der Waals surface area contributed by atoms with Gasteiger partial charge in [0.15, 0.2) is 6.61 Å². The zero-order valence-electron chi connectivity index (χ0n) is 22.3. The van der Waals surface area contributed by atoms with Crippen LogP contribution in [-0.4, -0.2) is 43.0 Å². The van der Waals surface area contributed by atoms with Crippen molar-refractivity contribution in [2.45, 2.75) is 52.6 Å². The molecule has 1 atom stereocenters. The average molecular weight is 503 g/mol. The molecule has 0 aliphatic rings.